The van der Waals surface area contributed by atoms with Gasteiger partial charge in [-0.25, -0.2) is 0 Å². The quantitative estimate of drug-likeness (QED) is 0.277. The van der Waals surface area contributed by atoms with Crippen LogP contribution >= 0.6 is 74.5 Å². The zero-order chi connectivity index (χ0) is 16.7. The van der Waals surface area contributed by atoms with E-state index in [0.29, 0.717) is 13.3 Å². The molecule has 0 aromatic heterocycles. The maximum atomic E-state index is 4.50. The van der Waals surface area contributed by atoms with Crippen LogP contribution in [0.5, 0.6) is 0 Å². The van der Waals surface area contributed by atoms with Gasteiger partial charge in [-0.05, 0) is 7.05 Å². The molecule has 0 aliphatic rings. The van der Waals surface area contributed by atoms with Gasteiger partial charge in [0.25, 0.3) is 0 Å². The van der Waals surface area contributed by atoms with Crippen molar-refractivity contribution in [1.29, 1.82) is 0 Å². The van der Waals surface area contributed by atoms with Crippen LogP contribution in [0, 0.1) is 0 Å². The van der Waals surface area contributed by atoms with Gasteiger partial charge in [0, 0.05) is 37.2 Å². The molecule has 1 nitrogen and oxygen atoms in total. The van der Waals surface area contributed by atoms with Gasteiger partial charge in [0.15, 0.2) is 0 Å². The Morgan fingerprint density at radius 1 is 0.526 bits per heavy atom. The van der Waals surface area contributed by atoms with Crippen molar-refractivity contribution in [3.8, 4) is 0 Å². The van der Waals surface area contributed by atoms with Crippen LogP contribution in [-0.2, 0) is 0 Å². The normalized spacial score (nSPS) is 3.37. The molecule has 0 aliphatic heterocycles. The standard InChI is InChI=1S/5C2H6.CH5N.2CH4.I3.I2/c6*1-2;;;1-3-2;1-2/h5*1-2H3;2H2,1H3;2*1H4;;/q;;;;;;;;-1;. The Hall–Kier alpha value is 3.61. The van der Waals surface area contributed by atoms with Gasteiger partial charge in [0.05, 0.1) is 0 Å². The summed E-state index contributed by atoms with van der Waals surface area (Å²) in [4.78, 5) is 0. The van der Waals surface area contributed by atoms with Gasteiger partial charge in [-0.1, -0.05) is 84.1 Å². The van der Waals surface area contributed by atoms with E-state index in [1.165, 1.54) is 7.05 Å². The van der Waals surface area contributed by atoms with E-state index >= 15 is 0 Å². The minimum atomic E-state index is 0. The molecule has 0 saturated carbocycles. The number of nitrogens with two attached hydrogens (primary N) is 1. The molecule has 0 aromatic carbocycles. The van der Waals surface area contributed by atoms with Crippen molar-refractivity contribution in [3.63, 3.8) is 0 Å². The van der Waals surface area contributed by atoms with Crippen LogP contribution < -0.4 is 19.0 Å². The second-order valence-corrected chi connectivity index (χ2v) is 16.3. The molecule has 0 aromatic rings. The Balaban J connectivity index is -0.00000000604. The van der Waals surface area contributed by atoms with Gasteiger partial charge in [-0.2, -0.15) is 0 Å². The van der Waals surface area contributed by atoms with Crippen molar-refractivity contribution in [3.05, 3.63) is 0 Å². The molecule has 19 heavy (non-hydrogen) atoms. The molecule has 0 amide bonds. The molecule has 0 heterocycles. The molecular weight excluding hydrogens is 805 g/mol. The van der Waals surface area contributed by atoms with Gasteiger partial charge in [0.2, 0.25) is 0 Å². The SMILES string of the molecule is C.C.CC.CC.CC.CC.CC.CN.II.I[I-]I. The summed E-state index contributed by atoms with van der Waals surface area (Å²) < 4.78 is 0. The van der Waals surface area contributed by atoms with Crippen molar-refractivity contribution in [2.75, 3.05) is 7.05 Å². The average Bonchev–Trinajstić information content (AvgIpc) is 2.53. The molecular formula is C13H43I5N-. The van der Waals surface area contributed by atoms with Crippen molar-refractivity contribution >= 4 is 74.5 Å². The van der Waals surface area contributed by atoms with E-state index in [2.05, 4.69) is 80.2 Å². The van der Waals surface area contributed by atoms with Crippen LogP contribution in [0.3, 0.4) is 0 Å². The fourth-order valence-electron chi connectivity index (χ4n) is 0. The third kappa shape index (κ3) is 638. The Labute approximate surface area is 181 Å². The predicted octanol–water partition coefficient (Wildman–Crippen LogP) is 6.52. The van der Waals surface area contributed by atoms with Crippen LogP contribution in [0.25, 0.3) is 0 Å². The van der Waals surface area contributed by atoms with Gasteiger partial charge in [-0.15, -0.1) is 0 Å². The second-order valence-electron chi connectivity index (χ2n) is 0.0540. The molecule has 0 fully saturated rings. The van der Waals surface area contributed by atoms with E-state index in [-0.39, 0.29) is 14.9 Å². The topological polar surface area (TPSA) is 26.0 Å². The molecule has 0 unspecified atom stereocenters. The first kappa shape index (κ1) is 66.4. The van der Waals surface area contributed by atoms with Crippen molar-refractivity contribution < 1.29 is 13.3 Å². The molecule has 0 rings (SSSR count). The Morgan fingerprint density at radius 3 is 0.526 bits per heavy atom. The molecule has 0 bridgehead atoms. The molecule has 0 aliphatic carbocycles. The summed E-state index contributed by atoms with van der Waals surface area (Å²) in [7, 11) is 1.50. The molecule has 0 atom stereocenters. The van der Waals surface area contributed by atoms with Crippen LogP contribution in [0.1, 0.15) is 84.1 Å². The second kappa shape index (κ2) is 432. The molecule has 0 spiro atoms. The molecule has 6 heteroatoms. The fraction of sp³-hybridized carbons (Fsp3) is 1.00. The predicted molar refractivity (Wildman–Crippen MR) is 136 cm³/mol. The summed E-state index contributed by atoms with van der Waals surface area (Å²) in [6.07, 6.45) is 0. The van der Waals surface area contributed by atoms with Crippen molar-refractivity contribution in [1.82, 2.24) is 0 Å². The average molecular weight is 848 g/mol. The van der Waals surface area contributed by atoms with Gasteiger partial charge >= 0.3 is 50.5 Å². The number of rotatable bonds is 0. The third-order valence-electron chi connectivity index (χ3n) is 0. The number of hydrogen-bond donors (Lipinski definition) is 1. The van der Waals surface area contributed by atoms with E-state index in [0.717, 1.165) is 0 Å². The van der Waals surface area contributed by atoms with Crippen LogP contribution in [-0.4, -0.2) is 7.05 Å². The van der Waals surface area contributed by atoms with Gasteiger partial charge in [0.1, 0.15) is 0 Å². The number of halogens is 5. The molecule has 0 radical (unpaired) electrons. The summed E-state index contributed by atoms with van der Waals surface area (Å²) in [5.41, 5.74) is 4.50. The van der Waals surface area contributed by atoms with E-state index in [9.17, 15) is 0 Å². The van der Waals surface area contributed by atoms with Crippen molar-refractivity contribution in [2.45, 2.75) is 84.1 Å². The monoisotopic (exact) mass is 848 g/mol. The summed E-state index contributed by atoms with van der Waals surface area (Å²) >= 11 is 9.54. The molecule has 2 N–H and O–H groups in total. The first-order valence-corrected chi connectivity index (χ1v) is 24.9. The first-order chi connectivity index (χ1) is 8.41. The third-order valence-corrected chi connectivity index (χ3v) is 0. The van der Waals surface area contributed by atoms with E-state index in [1.54, 1.807) is 0 Å². The fourth-order valence-corrected chi connectivity index (χ4v) is 0. The maximum absolute atomic E-state index is 4.50. The van der Waals surface area contributed by atoms with Crippen molar-refractivity contribution in [2.24, 2.45) is 5.73 Å². The van der Waals surface area contributed by atoms with Crippen LogP contribution in [0.4, 0.5) is 0 Å². The Kier molecular flexibility index (Phi) is 1510. The van der Waals surface area contributed by atoms with E-state index in [1.807, 2.05) is 69.2 Å². The molecule has 0 saturated heterocycles. The van der Waals surface area contributed by atoms with E-state index < -0.39 is 0 Å². The minimum absolute atomic E-state index is 0. The summed E-state index contributed by atoms with van der Waals surface area (Å²) in [6.45, 7) is 20.0. The first-order valence-electron chi connectivity index (χ1n) is 6.01. The Morgan fingerprint density at radius 2 is 0.526 bits per heavy atom. The summed E-state index contributed by atoms with van der Waals surface area (Å²) in [5, 5.41) is 0. The molecule has 136 valence electrons. The summed E-state index contributed by atoms with van der Waals surface area (Å²) in [5.74, 6) is 0. The zero-order valence-corrected chi connectivity index (χ0v) is 24.3. The van der Waals surface area contributed by atoms with Crippen LogP contribution in [0.15, 0.2) is 0 Å². The Bertz CT molecular complexity index is 21.0. The van der Waals surface area contributed by atoms with Gasteiger partial charge < -0.3 is 5.73 Å². The van der Waals surface area contributed by atoms with E-state index in [4.69, 9.17) is 0 Å². The summed E-state index contributed by atoms with van der Waals surface area (Å²) in [6, 6.07) is 0. The van der Waals surface area contributed by atoms with Crippen LogP contribution in [0.2, 0.25) is 0 Å². The van der Waals surface area contributed by atoms with Gasteiger partial charge in [-0.3, -0.25) is 0 Å². The zero-order valence-electron chi connectivity index (χ0n) is 13.5. The number of hydrogen-bond acceptors (Lipinski definition) is 1.